The number of rotatable bonds is 2. The Morgan fingerprint density at radius 3 is 2.26 bits per heavy atom. The van der Waals surface area contributed by atoms with Crippen molar-refractivity contribution in [3.8, 4) is 0 Å². The summed E-state index contributed by atoms with van der Waals surface area (Å²) in [4.78, 5) is 14.2. The second-order valence-electron chi connectivity index (χ2n) is 6.79. The standard InChI is InChI=1S/C15H20N2O2/c16-11-6-17-14(15(18)19)13(11)12-9-2-7-1-8(4-9)5-10(12)3-7/h6-10,12,17H,1-5,16H2,(H,18,19). The van der Waals surface area contributed by atoms with Crippen molar-refractivity contribution in [1.29, 1.82) is 0 Å². The molecule has 4 N–H and O–H groups in total. The number of anilines is 1. The fourth-order valence-electron chi connectivity index (χ4n) is 5.38. The van der Waals surface area contributed by atoms with E-state index in [-0.39, 0.29) is 0 Å². The number of aromatic amines is 1. The second-order valence-corrected chi connectivity index (χ2v) is 6.79. The minimum Gasteiger partial charge on any atom is -0.477 e. The monoisotopic (exact) mass is 260 g/mol. The first-order chi connectivity index (χ1) is 9.13. The van der Waals surface area contributed by atoms with E-state index in [1.54, 1.807) is 6.20 Å². The normalized spacial score (nSPS) is 39.7. The maximum atomic E-state index is 11.4. The largest absolute Gasteiger partial charge is 0.477 e. The lowest BCUT2D eigenvalue weighted by molar-refractivity contribution is -0.00290. The summed E-state index contributed by atoms with van der Waals surface area (Å²) >= 11 is 0. The molecule has 4 nitrogen and oxygen atoms in total. The number of carboxylic acids is 1. The number of carboxylic acid groups (broad SMARTS) is 1. The van der Waals surface area contributed by atoms with Crippen LogP contribution in [0.1, 0.15) is 54.1 Å². The molecule has 0 aromatic carbocycles. The zero-order valence-corrected chi connectivity index (χ0v) is 10.9. The minimum atomic E-state index is -0.875. The van der Waals surface area contributed by atoms with Crippen LogP contribution in [0.2, 0.25) is 0 Å². The summed E-state index contributed by atoms with van der Waals surface area (Å²) in [6, 6.07) is 0. The van der Waals surface area contributed by atoms with Gasteiger partial charge in [-0.3, -0.25) is 0 Å². The third-order valence-corrected chi connectivity index (χ3v) is 5.73. The molecule has 0 amide bonds. The number of H-pyrrole nitrogens is 1. The van der Waals surface area contributed by atoms with Crippen LogP contribution in [0, 0.1) is 23.7 Å². The third-order valence-electron chi connectivity index (χ3n) is 5.73. The number of aromatic carboxylic acids is 1. The van der Waals surface area contributed by atoms with Gasteiger partial charge in [-0.15, -0.1) is 0 Å². The third kappa shape index (κ3) is 1.55. The highest BCUT2D eigenvalue weighted by atomic mass is 16.4. The Bertz CT molecular complexity index is 506. The average molecular weight is 260 g/mol. The van der Waals surface area contributed by atoms with Crippen LogP contribution in [-0.2, 0) is 0 Å². The maximum absolute atomic E-state index is 11.4. The van der Waals surface area contributed by atoms with Crippen LogP contribution in [0.15, 0.2) is 6.20 Å². The van der Waals surface area contributed by atoms with Crippen LogP contribution in [-0.4, -0.2) is 16.1 Å². The van der Waals surface area contributed by atoms with E-state index >= 15 is 0 Å². The van der Waals surface area contributed by atoms with Crippen molar-refractivity contribution in [2.45, 2.75) is 38.0 Å². The smallest absolute Gasteiger partial charge is 0.352 e. The van der Waals surface area contributed by atoms with Crippen LogP contribution in [0.25, 0.3) is 0 Å². The van der Waals surface area contributed by atoms with E-state index in [9.17, 15) is 9.90 Å². The molecule has 1 aromatic rings. The predicted molar refractivity (Wildman–Crippen MR) is 72.0 cm³/mol. The Morgan fingerprint density at radius 1 is 1.16 bits per heavy atom. The summed E-state index contributed by atoms with van der Waals surface area (Å²) in [7, 11) is 0. The summed E-state index contributed by atoms with van der Waals surface area (Å²) in [5.41, 5.74) is 7.95. The number of nitrogens with two attached hydrogens (primary N) is 1. The summed E-state index contributed by atoms with van der Waals surface area (Å²) in [6.45, 7) is 0. The molecule has 19 heavy (non-hydrogen) atoms. The van der Waals surface area contributed by atoms with Gasteiger partial charge in [-0.05, 0) is 61.7 Å². The molecule has 0 spiro atoms. The van der Waals surface area contributed by atoms with Gasteiger partial charge in [-0.25, -0.2) is 4.79 Å². The van der Waals surface area contributed by atoms with Gasteiger partial charge in [0.05, 0.1) is 5.69 Å². The number of aromatic nitrogens is 1. The molecule has 4 aliphatic carbocycles. The predicted octanol–water partition coefficient (Wildman–Crippen LogP) is 2.83. The lowest BCUT2D eigenvalue weighted by Crippen LogP contribution is -2.44. The van der Waals surface area contributed by atoms with Gasteiger partial charge in [0.1, 0.15) is 5.69 Å². The molecule has 4 heteroatoms. The van der Waals surface area contributed by atoms with Gasteiger partial charge in [0.2, 0.25) is 0 Å². The van der Waals surface area contributed by atoms with Crippen LogP contribution in [0.3, 0.4) is 0 Å². The Balaban J connectivity index is 1.77. The Kier molecular flexibility index (Phi) is 2.26. The molecule has 4 bridgehead atoms. The van der Waals surface area contributed by atoms with Gasteiger partial charge >= 0.3 is 5.97 Å². The summed E-state index contributed by atoms with van der Waals surface area (Å²) < 4.78 is 0. The summed E-state index contributed by atoms with van der Waals surface area (Å²) in [6.07, 6.45) is 8.18. The molecular formula is C15H20N2O2. The average Bonchev–Trinajstić information content (AvgIpc) is 2.70. The van der Waals surface area contributed by atoms with Gasteiger partial charge in [-0.2, -0.15) is 0 Å². The van der Waals surface area contributed by atoms with E-state index in [0.29, 0.717) is 29.1 Å². The second kappa shape index (κ2) is 3.78. The van der Waals surface area contributed by atoms with Gasteiger partial charge in [-0.1, -0.05) is 0 Å². The molecule has 0 saturated heterocycles. The summed E-state index contributed by atoms with van der Waals surface area (Å²) in [5.74, 6) is 2.62. The van der Waals surface area contributed by atoms with Crippen LogP contribution in [0.5, 0.6) is 0 Å². The Labute approximate surface area is 112 Å². The lowest BCUT2D eigenvalue weighted by atomic mass is 9.50. The number of hydrogen-bond donors (Lipinski definition) is 3. The van der Waals surface area contributed by atoms with Crippen LogP contribution in [0.4, 0.5) is 5.69 Å². The number of nitrogens with one attached hydrogen (secondary N) is 1. The molecule has 0 aliphatic heterocycles. The fourth-order valence-corrected chi connectivity index (χ4v) is 5.38. The highest BCUT2D eigenvalue weighted by Gasteiger charge is 2.50. The Hall–Kier alpha value is -1.45. The van der Waals surface area contributed by atoms with E-state index in [4.69, 9.17) is 5.73 Å². The molecule has 4 aliphatic rings. The van der Waals surface area contributed by atoms with E-state index < -0.39 is 5.97 Å². The molecule has 4 saturated carbocycles. The molecule has 1 aromatic heterocycles. The SMILES string of the molecule is Nc1c[nH]c(C(=O)O)c1C1C2CC3CC(C2)CC1C3. The van der Waals surface area contributed by atoms with Crippen molar-refractivity contribution in [1.82, 2.24) is 4.98 Å². The topological polar surface area (TPSA) is 79.1 Å². The van der Waals surface area contributed by atoms with E-state index in [0.717, 1.165) is 17.4 Å². The van der Waals surface area contributed by atoms with Gasteiger partial charge in [0, 0.05) is 11.8 Å². The minimum absolute atomic E-state index is 0.329. The van der Waals surface area contributed by atoms with Crippen molar-refractivity contribution in [2.24, 2.45) is 23.7 Å². The zero-order valence-electron chi connectivity index (χ0n) is 10.9. The van der Waals surface area contributed by atoms with Crippen LogP contribution < -0.4 is 5.73 Å². The Morgan fingerprint density at radius 2 is 1.74 bits per heavy atom. The number of hydrogen-bond acceptors (Lipinski definition) is 2. The van der Waals surface area contributed by atoms with Gasteiger partial charge in [0.25, 0.3) is 0 Å². The number of carbonyl (C=O) groups is 1. The summed E-state index contributed by atoms with van der Waals surface area (Å²) in [5, 5.41) is 9.35. The highest BCUT2D eigenvalue weighted by molar-refractivity contribution is 5.89. The van der Waals surface area contributed by atoms with Crippen LogP contribution >= 0.6 is 0 Å². The first-order valence-corrected chi connectivity index (χ1v) is 7.33. The molecule has 5 rings (SSSR count). The van der Waals surface area contributed by atoms with Crippen molar-refractivity contribution in [3.63, 3.8) is 0 Å². The molecule has 102 valence electrons. The molecule has 0 atom stereocenters. The van der Waals surface area contributed by atoms with E-state index in [1.165, 1.54) is 32.1 Å². The molecule has 0 radical (unpaired) electrons. The van der Waals surface area contributed by atoms with Gasteiger partial charge in [0.15, 0.2) is 0 Å². The molecule has 1 heterocycles. The molecule has 0 unspecified atom stereocenters. The first-order valence-electron chi connectivity index (χ1n) is 7.33. The highest BCUT2D eigenvalue weighted by Crippen LogP contribution is 2.60. The maximum Gasteiger partial charge on any atom is 0.352 e. The van der Waals surface area contributed by atoms with E-state index in [2.05, 4.69) is 4.98 Å². The van der Waals surface area contributed by atoms with E-state index in [1.807, 2.05) is 0 Å². The zero-order chi connectivity index (χ0) is 13.1. The van der Waals surface area contributed by atoms with Crippen molar-refractivity contribution >= 4 is 11.7 Å². The van der Waals surface area contributed by atoms with Crippen molar-refractivity contribution < 1.29 is 9.90 Å². The first kappa shape index (κ1) is 11.4. The van der Waals surface area contributed by atoms with Gasteiger partial charge < -0.3 is 15.8 Å². The fraction of sp³-hybridized carbons (Fsp3) is 0.667. The lowest BCUT2D eigenvalue weighted by Gasteiger charge is -2.54. The number of nitrogen functional groups attached to an aromatic ring is 1. The quantitative estimate of drug-likeness (QED) is 0.765. The molecular weight excluding hydrogens is 240 g/mol. The molecule has 4 fully saturated rings. The van der Waals surface area contributed by atoms with Crippen molar-refractivity contribution in [2.75, 3.05) is 5.73 Å². The van der Waals surface area contributed by atoms with Crippen molar-refractivity contribution in [3.05, 3.63) is 17.5 Å².